The van der Waals surface area contributed by atoms with E-state index in [4.69, 9.17) is 0 Å². The number of carbonyl (C=O) groups excluding carboxylic acids is 1. The Morgan fingerprint density at radius 3 is 2.69 bits per heavy atom. The fraction of sp³-hybridized carbons (Fsp3) is 0.875. The Balaban J connectivity index is 2.71. The van der Waals surface area contributed by atoms with Crippen molar-refractivity contribution in [2.24, 2.45) is 5.92 Å². The Kier molecular flexibility index (Phi) is 2.85. The van der Waals surface area contributed by atoms with Crippen molar-refractivity contribution in [1.82, 2.24) is 5.32 Å². The van der Waals surface area contributed by atoms with Crippen LogP contribution in [0, 0.1) is 16.0 Å². The smallest absolute Gasteiger partial charge is 0.233 e. The minimum Gasteiger partial charge on any atom is -0.346 e. The van der Waals surface area contributed by atoms with Gasteiger partial charge < -0.3 is 5.32 Å². The fourth-order valence-electron chi connectivity index (χ4n) is 1.66. The van der Waals surface area contributed by atoms with Gasteiger partial charge in [-0.05, 0) is 5.92 Å². The SMILES string of the molecule is CC(C)C1NC(=O)CCC1[N+](=O)[O-]. The number of nitro groups is 1. The zero-order valence-corrected chi connectivity index (χ0v) is 7.82. The molecule has 2 atom stereocenters. The topological polar surface area (TPSA) is 72.2 Å². The van der Waals surface area contributed by atoms with Gasteiger partial charge in [-0.15, -0.1) is 0 Å². The average molecular weight is 186 g/mol. The number of nitrogens with zero attached hydrogens (tertiary/aromatic N) is 1. The van der Waals surface area contributed by atoms with E-state index in [0.717, 1.165) is 0 Å². The Labute approximate surface area is 76.7 Å². The summed E-state index contributed by atoms with van der Waals surface area (Å²) in [5.41, 5.74) is 0. The quantitative estimate of drug-likeness (QED) is 0.506. The number of rotatable bonds is 2. The molecule has 1 rings (SSSR count). The summed E-state index contributed by atoms with van der Waals surface area (Å²) < 4.78 is 0. The lowest BCUT2D eigenvalue weighted by atomic mass is 9.90. The number of hydrogen-bond acceptors (Lipinski definition) is 3. The summed E-state index contributed by atoms with van der Waals surface area (Å²) in [5.74, 6) is 0.0384. The Morgan fingerprint density at radius 1 is 1.62 bits per heavy atom. The van der Waals surface area contributed by atoms with E-state index in [1.807, 2.05) is 13.8 Å². The van der Waals surface area contributed by atoms with Gasteiger partial charge in [-0.25, -0.2) is 0 Å². The van der Waals surface area contributed by atoms with Crippen molar-refractivity contribution in [2.75, 3.05) is 0 Å². The van der Waals surface area contributed by atoms with Gasteiger partial charge >= 0.3 is 0 Å². The van der Waals surface area contributed by atoms with Crippen molar-refractivity contribution in [3.63, 3.8) is 0 Å². The summed E-state index contributed by atoms with van der Waals surface area (Å²) in [6.07, 6.45) is 0.635. The second kappa shape index (κ2) is 3.72. The van der Waals surface area contributed by atoms with Crippen LogP contribution in [0.25, 0.3) is 0 Å². The van der Waals surface area contributed by atoms with Gasteiger partial charge in [0.15, 0.2) is 0 Å². The molecule has 0 aromatic carbocycles. The standard InChI is InChI=1S/C8H14N2O3/c1-5(2)8-6(10(12)13)3-4-7(11)9-8/h5-6,8H,3-4H2,1-2H3,(H,9,11). The summed E-state index contributed by atoms with van der Waals surface area (Å²) in [5, 5.41) is 13.3. The lowest BCUT2D eigenvalue weighted by Gasteiger charge is -2.29. The van der Waals surface area contributed by atoms with Crippen LogP contribution in [0.4, 0.5) is 0 Å². The minimum absolute atomic E-state index is 0.0724. The van der Waals surface area contributed by atoms with Crippen molar-refractivity contribution in [1.29, 1.82) is 0 Å². The van der Waals surface area contributed by atoms with Crippen molar-refractivity contribution < 1.29 is 9.72 Å². The number of amides is 1. The van der Waals surface area contributed by atoms with Crippen LogP contribution in [-0.2, 0) is 4.79 Å². The van der Waals surface area contributed by atoms with Gasteiger partial charge in [0.25, 0.3) is 0 Å². The van der Waals surface area contributed by atoms with Gasteiger partial charge in [0.05, 0.1) is 6.04 Å². The lowest BCUT2D eigenvalue weighted by Crippen LogP contribution is -2.53. The highest BCUT2D eigenvalue weighted by Crippen LogP contribution is 2.18. The maximum absolute atomic E-state index is 11.0. The highest BCUT2D eigenvalue weighted by molar-refractivity contribution is 5.77. The van der Waals surface area contributed by atoms with E-state index < -0.39 is 6.04 Å². The van der Waals surface area contributed by atoms with Crippen molar-refractivity contribution in [3.8, 4) is 0 Å². The molecule has 0 aromatic heterocycles. The Morgan fingerprint density at radius 2 is 2.23 bits per heavy atom. The second-order valence-corrected chi connectivity index (χ2v) is 3.73. The molecular weight excluding hydrogens is 172 g/mol. The average Bonchev–Trinajstić information content (AvgIpc) is 2.03. The van der Waals surface area contributed by atoms with Crippen LogP contribution >= 0.6 is 0 Å². The van der Waals surface area contributed by atoms with E-state index in [9.17, 15) is 14.9 Å². The molecule has 1 amide bonds. The molecule has 1 aliphatic heterocycles. The summed E-state index contributed by atoms with van der Waals surface area (Å²) in [4.78, 5) is 21.4. The molecule has 0 spiro atoms. The predicted octanol–water partition coefficient (Wildman–Crippen LogP) is 0.566. The first-order chi connectivity index (χ1) is 6.02. The van der Waals surface area contributed by atoms with Crippen LogP contribution < -0.4 is 5.32 Å². The molecule has 1 heterocycles. The molecule has 1 saturated heterocycles. The highest BCUT2D eigenvalue weighted by Gasteiger charge is 2.38. The predicted molar refractivity (Wildman–Crippen MR) is 46.8 cm³/mol. The van der Waals surface area contributed by atoms with Gasteiger partial charge in [-0.3, -0.25) is 14.9 Å². The molecule has 1 aliphatic rings. The van der Waals surface area contributed by atoms with Gasteiger partial charge in [0, 0.05) is 17.8 Å². The van der Waals surface area contributed by atoms with Crippen LogP contribution in [-0.4, -0.2) is 22.9 Å². The molecule has 5 nitrogen and oxygen atoms in total. The largest absolute Gasteiger partial charge is 0.346 e. The molecule has 1 fully saturated rings. The lowest BCUT2D eigenvalue weighted by molar-refractivity contribution is -0.530. The first-order valence-electron chi connectivity index (χ1n) is 4.45. The molecule has 1 N–H and O–H groups in total. The van der Waals surface area contributed by atoms with Gasteiger partial charge in [-0.2, -0.15) is 0 Å². The van der Waals surface area contributed by atoms with Gasteiger partial charge in [-0.1, -0.05) is 13.8 Å². The Bertz CT molecular complexity index is 227. The summed E-state index contributed by atoms with van der Waals surface area (Å²) in [6, 6.07) is -0.922. The summed E-state index contributed by atoms with van der Waals surface area (Å²) in [7, 11) is 0. The molecule has 2 unspecified atom stereocenters. The van der Waals surface area contributed by atoms with Crippen molar-refractivity contribution >= 4 is 5.91 Å². The summed E-state index contributed by atoms with van der Waals surface area (Å²) in [6.45, 7) is 3.76. The molecule has 74 valence electrons. The normalized spacial score (nSPS) is 28.7. The van der Waals surface area contributed by atoms with Gasteiger partial charge in [0.2, 0.25) is 11.9 Å². The molecule has 0 aliphatic carbocycles. The molecule has 0 saturated carbocycles. The second-order valence-electron chi connectivity index (χ2n) is 3.73. The van der Waals surface area contributed by atoms with E-state index in [1.165, 1.54) is 0 Å². The third-order valence-corrected chi connectivity index (χ3v) is 2.40. The Hall–Kier alpha value is -1.13. The molecule has 0 radical (unpaired) electrons. The maximum Gasteiger partial charge on any atom is 0.233 e. The highest BCUT2D eigenvalue weighted by atomic mass is 16.6. The third-order valence-electron chi connectivity index (χ3n) is 2.40. The summed E-state index contributed by atoms with van der Waals surface area (Å²) >= 11 is 0. The number of nitrogens with one attached hydrogen (secondary N) is 1. The van der Waals surface area contributed by atoms with Crippen molar-refractivity contribution in [3.05, 3.63) is 10.1 Å². The third kappa shape index (κ3) is 2.17. The first-order valence-corrected chi connectivity index (χ1v) is 4.45. The maximum atomic E-state index is 11.0. The fourth-order valence-corrected chi connectivity index (χ4v) is 1.66. The van der Waals surface area contributed by atoms with E-state index in [2.05, 4.69) is 5.32 Å². The van der Waals surface area contributed by atoms with Crippen molar-refractivity contribution in [2.45, 2.75) is 38.8 Å². The van der Waals surface area contributed by atoms with E-state index >= 15 is 0 Å². The van der Waals surface area contributed by atoms with Crippen LogP contribution in [0.15, 0.2) is 0 Å². The van der Waals surface area contributed by atoms with E-state index in [0.29, 0.717) is 6.42 Å². The zero-order valence-electron chi connectivity index (χ0n) is 7.82. The molecule has 5 heteroatoms. The van der Waals surface area contributed by atoms with E-state index in [-0.39, 0.29) is 29.2 Å². The number of hydrogen-bond donors (Lipinski definition) is 1. The van der Waals surface area contributed by atoms with Crippen LogP contribution in [0.1, 0.15) is 26.7 Å². The van der Waals surface area contributed by atoms with Crippen LogP contribution in [0.2, 0.25) is 0 Å². The molecule has 0 aromatic rings. The number of carbonyl (C=O) groups is 1. The first kappa shape index (κ1) is 9.95. The monoisotopic (exact) mass is 186 g/mol. The van der Waals surface area contributed by atoms with Gasteiger partial charge in [0.1, 0.15) is 0 Å². The number of piperidine rings is 1. The molecule has 13 heavy (non-hydrogen) atoms. The van der Waals surface area contributed by atoms with Crippen LogP contribution in [0.5, 0.6) is 0 Å². The van der Waals surface area contributed by atoms with E-state index in [1.54, 1.807) is 0 Å². The van der Waals surface area contributed by atoms with Crippen LogP contribution in [0.3, 0.4) is 0 Å². The zero-order chi connectivity index (χ0) is 10.0. The minimum atomic E-state index is -0.613. The molecular formula is C8H14N2O3. The molecule has 0 bridgehead atoms.